The van der Waals surface area contributed by atoms with E-state index in [4.69, 9.17) is 14.6 Å². The second-order valence-corrected chi connectivity index (χ2v) is 8.30. The third-order valence-corrected chi connectivity index (χ3v) is 5.37. The highest BCUT2D eigenvalue weighted by atomic mass is 19.4. The van der Waals surface area contributed by atoms with Crippen LogP contribution in [-0.4, -0.2) is 42.7 Å². The number of likely N-dealkylation sites (N-methyl/N-ethyl adjacent to an activating group) is 1. The number of hydrogen-bond donors (Lipinski definition) is 1. The van der Waals surface area contributed by atoms with Crippen molar-refractivity contribution in [1.82, 2.24) is 4.90 Å². The summed E-state index contributed by atoms with van der Waals surface area (Å²) in [7, 11) is 1.78. The predicted molar refractivity (Wildman–Crippen MR) is 115 cm³/mol. The Morgan fingerprint density at radius 2 is 1.83 bits per heavy atom. The molecule has 0 amide bonds. The number of carbonyl (C=O) groups is 1. The number of carboxylic acids is 1. The molecular formula is C24H22F7NO4. The van der Waals surface area contributed by atoms with Gasteiger partial charge in [0.05, 0.1) is 16.7 Å². The zero-order valence-corrected chi connectivity index (χ0v) is 19.0. The van der Waals surface area contributed by atoms with E-state index in [-0.39, 0.29) is 36.2 Å². The van der Waals surface area contributed by atoms with Gasteiger partial charge in [-0.15, -0.1) is 0 Å². The van der Waals surface area contributed by atoms with E-state index in [1.807, 2.05) is 4.90 Å². The van der Waals surface area contributed by atoms with E-state index >= 15 is 0 Å². The smallest absolute Gasteiger partial charge is 0.416 e. The minimum absolute atomic E-state index is 0.0141. The van der Waals surface area contributed by atoms with E-state index in [0.29, 0.717) is 31.6 Å². The van der Waals surface area contributed by atoms with Crippen LogP contribution in [0.15, 0.2) is 35.9 Å². The van der Waals surface area contributed by atoms with Gasteiger partial charge in [0.25, 0.3) is 0 Å². The third-order valence-electron chi connectivity index (χ3n) is 5.37. The average molecular weight is 521 g/mol. The molecule has 0 unspecified atom stereocenters. The molecule has 1 heterocycles. The number of hydrogen-bond acceptors (Lipinski definition) is 4. The fraction of sp³-hybridized carbons (Fsp3) is 0.375. The van der Waals surface area contributed by atoms with E-state index in [2.05, 4.69) is 0 Å². The maximum atomic E-state index is 14.7. The van der Waals surface area contributed by atoms with Gasteiger partial charge in [-0.3, -0.25) is 4.79 Å². The van der Waals surface area contributed by atoms with Crippen molar-refractivity contribution in [1.29, 1.82) is 0 Å². The molecule has 0 fully saturated rings. The molecule has 0 aromatic heterocycles. The molecule has 2 aromatic rings. The SMILES string of the molecule is CN(CCCC(=O)O)CC1=Cc2c(F)cc(OCc3ccc(C(F)(F)F)cc3C(F)(F)F)cc2OC1. The average Bonchev–Trinajstić information content (AvgIpc) is 2.76. The number of halogens is 7. The van der Waals surface area contributed by atoms with Gasteiger partial charge in [0.1, 0.15) is 30.5 Å². The van der Waals surface area contributed by atoms with Crippen molar-refractivity contribution in [3.63, 3.8) is 0 Å². The molecule has 12 heteroatoms. The molecule has 1 aliphatic heterocycles. The number of ether oxygens (including phenoxy) is 2. The number of rotatable bonds is 9. The Balaban J connectivity index is 1.72. The second-order valence-electron chi connectivity index (χ2n) is 8.30. The molecule has 0 bridgehead atoms. The molecule has 0 radical (unpaired) electrons. The number of nitrogens with zero attached hydrogens (tertiary/aromatic N) is 1. The summed E-state index contributed by atoms with van der Waals surface area (Å²) in [6.07, 6.45) is -7.95. The Labute approximate surface area is 201 Å². The molecule has 1 aliphatic rings. The lowest BCUT2D eigenvalue weighted by atomic mass is 10.0. The summed E-state index contributed by atoms with van der Waals surface area (Å²) < 4.78 is 104. The fourth-order valence-electron chi connectivity index (χ4n) is 3.65. The van der Waals surface area contributed by atoms with Crippen molar-refractivity contribution in [3.05, 3.63) is 64.0 Å². The molecule has 2 aromatic carbocycles. The fourth-order valence-corrected chi connectivity index (χ4v) is 3.65. The summed E-state index contributed by atoms with van der Waals surface area (Å²) in [6.45, 7) is 0.282. The standard InChI is InChI=1S/C24H22F7NO4/c1-32(6-2-3-22(33)34)11-14-7-18-20(25)9-17(10-21(18)36-12-14)35-13-15-4-5-16(23(26,27)28)8-19(15)24(29,30)31/h4-5,7-10H,2-3,6,11-13H2,1H3,(H,33,34). The molecule has 0 atom stereocenters. The maximum absolute atomic E-state index is 14.7. The largest absolute Gasteiger partial charge is 0.489 e. The molecule has 0 saturated heterocycles. The normalized spacial score (nSPS) is 13.8. The van der Waals surface area contributed by atoms with E-state index in [1.165, 1.54) is 6.07 Å². The van der Waals surface area contributed by atoms with Crippen LogP contribution >= 0.6 is 0 Å². The Hall–Kier alpha value is -3.28. The van der Waals surface area contributed by atoms with Crippen molar-refractivity contribution in [3.8, 4) is 11.5 Å². The molecule has 3 rings (SSSR count). The van der Waals surface area contributed by atoms with Crippen molar-refractivity contribution in [2.75, 3.05) is 26.7 Å². The Morgan fingerprint density at radius 1 is 1.11 bits per heavy atom. The van der Waals surface area contributed by atoms with Crippen LogP contribution in [-0.2, 0) is 23.8 Å². The summed E-state index contributed by atoms with van der Waals surface area (Å²) in [5.74, 6) is -1.70. The summed E-state index contributed by atoms with van der Waals surface area (Å²) in [5, 5.41) is 8.71. The van der Waals surface area contributed by atoms with Crippen molar-refractivity contribution in [2.45, 2.75) is 31.8 Å². The van der Waals surface area contributed by atoms with Crippen LogP contribution in [0, 0.1) is 5.82 Å². The number of carboxylic acid groups (broad SMARTS) is 1. The lowest BCUT2D eigenvalue weighted by Crippen LogP contribution is -2.26. The Kier molecular flexibility index (Phi) is 8.17. The van der Waals surface area contributed by atoms with Gasteiger partial charge >= 0.3 is 18.3 Å². The van der Waals surface area contributed by atoms with Gasteiger partial charge in [-0.1, -0.05) is 6.07 Å². The highest BCUT2D eigenvalue weighted by molar-refractivity contribution is 5.66. The third kappa shape index (κ3) is 7.12. The number of benzene rings is 2. The molecule has 5 nitrogen and oxygen atoms in total. The zero-order chi connectivity index (χ0) is 26.7. The summed E-state index contributed by atoms with van der Waals surface area (Å²) >= 11 is 0. The second kappa shape index (κ2) is 10.8. The summed E-state index contributed by atoms with van der Waals surface area (Å²) in [4.78, 5) is 12.5. The molecular weight excluding hydrogens is 499 g/mol. The first kappa shape index (κ1) is 27.3. The van der Waals surface area contributed by atoms with E-state index in [1.54, 1.807) is 13.1 Å². The van der Waals surface area contributed by atoms with E-state index in [9.17, 15) is 35.5 Å². The maximum Gasteiger partial charge on any atom is 0.416 e. The van der Waals surface area contributed by atoms with Crippen LogP contribution < -0.4 is 9.47 Å². The van der Waals surface area contributed by atoms with Gasteiger partial charge in [-0.25, -0.2) is 4.39 Å². The first-order valence-corrected chi connectivity index (χ1v) is 10.7. The van der Waals surface area contributed by atoms with Crippen LogP contribution in [0.5, 0.6) is 11.5 Å². The van der Waals surface area contributed by atoms with Crippen LogP contribution in [0.1, 0.15) is 35.1 Å². The minimum Gasteiger partial charge on any atom is -0.489 e. The lowest BCUT2D eigenvalue weighted by Gasteiger charge is -2.23. The van der Waals surface area contributed by atoms with Gasteiger partial charge in [0.15, 0.2) is 0 Å². The topological polar surface area (TPSA) is 59.0 Å². The minimum atomic E-state index is -5.05. The van der Waals surface area contributed by atoms with Gasteiger partial charge in [0.2, 0.25) is 0 Å². The number of aliphatic carboxylic acids is 1. The van der Waals surface area contributed by atoms with Crippen molar-refractivity contribution < 1.29 is 50.1 Å². The Morgan fingerprint density at radius 3 is 2.47 bits per heavy atom. The molecule has 0 saturated carbocycles. The highest BCUT2D eigenvalue weighted by Gasteiger charge is 2.38. The molecule has 1 N–H and O–H groups in total. The molecule has 196 valence electrons. The zero-order valence-electron chi connectivity index (χ0n) is 19.0. The van der Waals surface area contributed by atoms with Gasteiger partial charge in [-0.2, -0.15) is 26.3 Å². The van der Waals surface area contributed by atoms with E-state index in [0.717, 1.165) is 11.6 Å². The predicted octanol–water partition coefficient (Wildman–Crippen LogP) is 6.01. The number of fused-ring (bicyclic) bond motifs is 1. The van der Waals surface area contributed by atoms with Crippen molar-refractivity contribution in [2.24, 2.45) is 0 Å². The first-order chi connectivity index (χ1) is 16.7. The molecule has 0 spiro atoms. The van der Waals surface area contributed by atoms with Crippen LogP contribution in [0.2, 0.25) is 0 Å². The monoisotopic (exact) mass is 521 g/mol. The lowest BCUT2D eigenvalue weighted by molar-refractivity contribution is -0.143. The molecule has 0 aliphatic carbocycles. The summed E-state index contributed by atoms with van der Waals surface area (Å²) in [5.41, 5.74) is -2.63. The Bertz CT molecular complexity index is 1140. The van der Waals surface area contributed by atoms with Gasteiger partial charge in [-0.05, 0) is 43.8 Å². The first-order valence-electron chi connectivity index (χ1n) is 10.7. The summed E-state index contributed by atoms with van der Waals surface area (Å²) in [6, 6.07) is 3.46. The molecule has 36 heavy (non-hydrogen) atoms. The van der Waals surface area contributed by atoms with Crippen LogP contribution in [0.3, 0.4) is 0 Å². The van der Waals surface area contributed by atoms with Crippen LogP contribution in [0.4, 0.5) is 30.7 Å². The van der Waals surface area contributed by atoms with Crippen molar-refractivity contribution >= 4 is 12.0 Å². The number of alkyl halides is 6. The van der Waals surface area contributed by atoms with Gasteiger partial charge < -0.3 is 19.5 Å². The van der Waals surface area contributed by atoms with Gasteiger partial charge in [0, 0.05) is 30.7 Å². The van der Waals surface area contributed by atoms with Crippen LogP contribution in [0.25, 0.3) is 6.08 Å². The highest BCUT2D eigenvalue weighted by Crippen LogP contribution is 2.38. The van der Waals surface area contributed by atoms with E-state index < -0.39 is 47.4 Å². The quantitative estimate of drug-likeness (QED) is 0.410.